The van der Waals surface area contributed by atoms with E-state index in [1.54, 1.807) is 19.1 Å². The fraction of sp³-hybridized carbons (Fsp3) is 0.485. The average Bonchev–Trinajstić information content (AvgIpc) is 2.98. The summed E-state index contributed by atoms with van der Waals surface area (Å²) in [6.45, 7) is 4.19. The third kappa shape index (κ3) is 7.44. The van der Waals surface area contributed by atoms with Gasteiger partial charge >= 0.3 is 0 Å². The second kappa shape index (κ2) is 13.6. The predicted octanol–water partition coefficient (Wildman–Crippen LogP) is 3.75. The number of benzene rings is 2. The zero-order chi connectivity index (χ0) is 29.5. The van der Waals surface area contributed by atoms with Gasteiger partial charge in [0.15, 0.2) is 0 Å². The Hall–Kier alpha value is -3.56. The highest BCUT2D eigenvalue weighted by Crippen LogP contribution is 2.36. The number of aryl methyl sites for hydroxylation is 1. The van der Waals surface area contributed by atoms with Crippen LogP contribution < -0.4 is 16.0 Å². The SMILES string of the molecule is Cc1ccc(NC(=O)CN2CC[C@H]3NC(=O)[C@H](Cc4ccccc4)NC(=O)C4(CC=CC[C@H]3C2)CCOCC4)cc1F. The lowest BCUT2D eigenvalue weighted by atomic mass is 9.75. The summed E-state index contributed by atoms with van der Waals surface area (Å²) in [5.41, 5.74) is 1.35. The van der Waals surface area contributed by atoms with E-state index in [9.17, 15) is 18.8 Å². The van der Waals surface area contributed by atoms with Gasteiger partial charge in [0, 0.05) is 44.5 Å². The van der Waals surface area contributed by atoms with Gasteiger partial charge in [-0.05, 0) is 68.2 Å². The molecule has 0 aromatic heterocycles. The van der Waals surface area contributed by atoms with Crippen LogP contribution in [0, 0.1) is 24.1 Å². The van der Waals surface area contributed by atoms with E-state index in [0.717, 1.165) is 12.0 Å². The molecule has 3 amide bonds. The molecule has 1 spiro atoms. The highest BCUT2D eigenvalue weighted by atomic mass is 19.1. The van der Waals surface area contributed by atoms with E-state index in [1.807, 2.05) is 30.3 Å². The van der Waals surface area contributed by atoms with Crippen LogP contribution in [0.5, 0.6) is 0 Å². The zero-order valence-corrected chi connectivity index (χ0v) is 24.2. The number of allylic oxidation sites excluding steroid dienone is 2. The highest BCUT2D eigenvalue weighted by molar-refractivity contribution is 5.92. The molecule has 2 saturated heterocycles. The lowest BCUT2D eigenvalue weighted by Gasteiger charge is -2.40. The summed E-state index contributed by atoms with van der Waals surface area (Å²) in [5.74, 6) is -0.716. The largest absolute Gasteiger partial charge is 0.381 e. The van der Waals surface area contributed by atoms with Gasteiger partial charge in [0.05, 0.1) is 12.0 Å². The van der Waals surface area contributed by atoms with Crippen LogP contribution in [0.15, 0.2) is 60.7 Å². The topological polar surface area (TPSA) is 99.8 Å². The van der Waals surface area contributed by atoms with E-state index in [4.69, 9.17) is 4.74 Å². The van der Waals surface area contributed by atoms with E-state index in [2.05, 4.69) is 33.0 Å². The smallest absolute Gasteiger partial charge is 0.243 e. The fourth-order valence-corrected chi connectivity index (χ4v) is 6.27. The first-order chi connectivity index (χ1) is 20.3. The van der Waals surface area contributed by atoms with Gasteiger partial charge < -0.3 is 20.7 Å². The third-order valence-corrected chi connectivity index (χ3v) is 8.92. The van der Waals surface area contributed by atoms with E-state index in [1.165, 1.54) is 6.07 Å². The molecule has 0 unspecified atom stereocenters. The number of ether oxygens (including phenoxy) is 1. The zero-order valence-electron chi connectivity index (χ0n) is 24.2. The number of amides is 3. The number of carbonyl (C=O) groups is 3. The van der Waals surface area contributed by atoms with E-state index < -0.39 is 11.5 Å². The third-order valence-electron chi connectivity index (χ3n) is 8.92. The Kier molecular flexibility index (Phi) is 9.69. The second-order valence-corrected chi connectivity index (χ2v) is 11.9. The molecular weight excluding hydrogens is 535 g/mol. The molecule has 2 aromatic rings. The number of carbonyl (C=O) groups excluding carboxylic acids is 3. The van der Waals surface area contributed by atoms with E-state index >= 15 is 0 Å². The van der Waals surface area contributed by atoms with Crippen LogP contribution in [0.25, 0.3) is 0 Å². The molecule has 9 heteroatoms. The van der Waals surface area contributed by atoms with Crippen molar-refractivity contribution < 1.29 is 23.5 Å². The van der Waals surface area contributed by atoms with Crippen molar-refractivity contribution in [1.29, 1.82) is 0 Å². The Balaban J connectivity index is 1.31. The number of anilines is 1. The highest BCUT2D eigenvalue weighted by Gasteiger charge is 2.41. The van der Waals surface area contributed by atoms with Crippen molar-refractivity contribution in [1.82, 2.24) is 15.5 Å². The molecule has 3 N–H and O–H groups in total. The second-order valence-electron chi connectivity index (χ2n) is 11.9. The molecule has 2 fully saturated rings. The average molecular weight is 577 g/mol. The first-order valence-electron chi connectivity index (χ1n) is 15.0. The van der Waals surface area contributed by atoms with Crippen molar-refractivity contribution in [3.05, 3.63) is 77.6 Å². The maximum absolute atomic E-state index is 13.9. The first-order valence-corrected chi connectivity index (χ1v) is 15.0. The summed E-state index contributed by atoms with van der Waals surface area (Å²) in [7, 11) is 0. The summed E-state index contributed by atoms with van der Waals surface area (Å²) in [5, 5.41) is 9.19. The molecule has 0 radical (unpaired) electrons. The van der Waals surface area contributed by atoms with E-state index in [0.29, 0.717) is 69.7 Å². The van der Waals surface area contributed by atoms with Gasteiger partial charge in [0.2, 0.25) is 17.7 Å². The van der Waals surface area contributed by atoms with E-state index in [-0.39, 0.29) is 42.0 Å². The number of piperidine rings is 1. The molecule has 3 heterocycles. The molecule has 42 heavy (non-hydrogen) atoms. The van der Waals surface area contributed by atoms with Gasteiger partial charge in [-0.25, -0.2) is 4.39 Å². The fourth-order valence-electron chi connectivity index (χ4n) is 6.27. The van der Waals surface area contributed by atoms with Gasteiger partial charge in [0.25, 0.3) is 0 Å². The van der Waals surface area contributed by atoms with Gasteiger partial charge in [-0.2, -0.15) is 0 Å². The molecule has 3 aliphatic heterocycles. The van der Waals surface area contributed by atoms with Crippen molar-refractivity contribution in [3.63, 3.8) is 0 Å². The lowest BCUT2D eigenvalue weighted by molar-refractivity contribution is -0.140. The van der Waals surface area contributed by atoms with Crippen LogP contribution in [0.4, 0.5) is 10.1 Å². The molecule has 3 aliphatic rings. The first kappa shape index (κ1) is 29.9. The number of hydrogen-bond acceptors (Lipinski definition) is 5. The van der Waals surface area contributed by atoms with Crippen molar-refractivity contribution in [3.8, 4) is 0 Å². The quantitative estimate of drug-likeness (QED) is 0.471. The van der Waals surface area contributed by atoms with Crippen LogP contribution >= 0.6 is 0 Å². The van der Waals surface area contributed by atoms with Crippen LogP contribution in [0.2, 0.25) is 0 Å². The predicted molar refractivity (Wildman–Crippen MR) is 159 cm³/mol. The van der Waals surface area contributed by atoms with Crippen molar-refractivity contribution in [2.24, 2.45) is 11.3 Å². The normalized spacial score (nSPS) is 25.0. The Labute approximate surface area is 247 Å². The summed E-state index contributed by atoms with van der Waals surface area (Å²) in [6.07, 6.45) is 7.87. The maximum Gasteiger partial charge on any atom is 0.243 e. The standard InChI is InChI=1S/C33H41FN4O4/c1-23-10-11-26(20-27(23)34)35-30(39)22-38-16-12-28-25(21-38)9-5-6-13-33(14-17-42-18-15-33)32(41)37-29(31(40)36-28)19-24-7-3-2-4-8-24/h2-8,10-11,20,25,28-29H,9,12-19,21-22H2,1H3,(H,35,39)(H,36,40)(H,37,41)/t25-,28+,29-/m0/s1. The summed E-state index contributed by atoms with van der Waals surface area (Å²) in [6, 6.07) is 13.7. The monoisotopic (exact) mass is 576 g/mol. The summed E-state index contributed by atoms with van der Waals surface area (Å²) < 4.78 is 19.5. The Morgan fingerprint density at radius 3 is 2.64 bits per heavy atom. The van der Waals surface area contributed by atoms with Crippen molar-refractivity contribution >= 4 is 23.4 Å². The number of nitrogens with one attached hydrogen (secondary N) is 3. The maximum atomic E-state index is 13.9. The Morgan fingerprint density at radius 2 is 1.88 bits per heavy atom. The molecule has 0 aliphatic carbocycles. The lowest BCUT2D eigenvalue weighted by Crippen LogP contribution is -2.58. The number of hydrogen-bond donors (Lipinski definition) is 3. The minimum Gasteiger partial charge on any atom is -0.381 e. The number of nitrogens with zero attached hydrogens (tertiary/aromatic N) is 1. The van der Waals surface area contributed by atoms with Crippen LogP contribution in [0.3, 0.4) is 0 Å². The van der Waals surface area contributed by atoms with Gasteiger partial charge in [-0.3, -0.25) is 19.3 Å². The van der Waals surface area contributed by atoms with Crippen molar-refractivity contribution in [2.75, 3.05) is 38.2 Å². The minimum atomic E-state index is -0.692. The number of likely N-dealkylation sites (tertiary alicyclic amines) is 1. The number of fused-ring (bicyclic) bond motifs is 1. The summed E-state index contributed by atoms with van der Waals surface area (Å²) >= 11 is 0. The molecule has 5 rings (SSSR count). The molecule has 3 atom stereocenters. The molecule has 2 aromatic carbocycles. The van der Waals surface area contributed by atoms with Gasteiger partial charge in [-0.1, -0.05) is 48.6 Å². The molecule has 0 bridgehead atoms. The van der Waals surface area contributed by atoms with Gasteiger partial charge in [0.1, 0.15) is 11.9 Å². The number of halogens is 1. The van der Waals surface area contributed by atoms with Crippen molar-refractivity contribution in [2.45, 2.75) is 57.5 Å². The number of rotatable bonds is 5. The van der Waals surface area contributed by atoms with Crippen LogP contribution in [0.1, 0.15) is 43.2 Å². The molecular formula is C33H41FN4O4. The van der Waals surface area contributed by atoms with Crippen LogP contribution in [-0.2, 0) is 25.5 Å². The Bertz CT molecular complexity index is 1290. The minimum absolute atomic E-state index is 0.0840. The molecule has 0 saturated carbocycles. The van der Waals surface area contributed by atoms with Gasteiger partial charge in [-0.15, -0.1) is 0 Å². The summed E-state index contributed by atoms with van der Waals surface area (Å²) in [4.78, 5) is 42.3. The molecule has 224 valence electrons. The Morgan fingerprint density at radius 1 is 1.10 bits per heavy atom. The molecule has 8 nitrogen and oxygen atoms in total. The van der Waals surface area contributed by atoms with Crippen LogP contribution in [-0.4, -0.2) is 67.6 Å².